The van der Waals surface area contributed by atoms with Gasteiger partial charge in [0.05, 0.1) is 25.0 Å². The highest BCUT2D eigenvalue weighted by Gasteiger charge is 2.32. The SMILES string of the molecule is CCCCCCC(C)(C)CCOC(=O)C1CCC(C(=O)OCCC(C)(C)CCCCCC)CC1. The van der Waals surface area contributed by atoms with Gasteiger partial charge in [-0.2, -0.15) is 0 Å². The van der Waals surface area contributed by atoms with Gasteiger partial charge in [0.25, 0.3) is 0 Å². The highest BCUT2D eigenvalue weighted by atomic mass is 16.5. The second-order valence-electron chi connectivity index (χ2n) is 12.3. The molecule has 0 aromatic rings. The van der Waals surface area contributed by atoms with Gasteiger partial charge in [-0.1, -0.05) is 92.9 Å². The molecule has 1 aliphatic rings. The Morgan fingerprint density at radius 1 is 0.588 bits per heavy atom. The van der Waals surface area contributed by atoms with Crippen LogP contribution in [0.4, 0.5) is 0 Å². The summed E-state index contributed by atoms with van der Waals surface area (Å²) < 4.78 is 11.3. The Hall–Kier alpha value is -1.06. The van der Waals surface area contributed by atoms with Crippen molar-refractivity contribution in [1.29, 1.82) is 0 Å². The van der Waals surface area contributed by atoms with Crippen molar-refractivity contribution < 1.29 is 19.1 Å². The smallest absolute Gasteiger partial charge is 0.308 e. The van der Waals surface area contributed by atoms with E-state index in [4.69, 9.17) is 9.47 Å². The van der Waals surface area contributed by atoms with Crippen molar-refractivity contribution >= 4 is 11.9 Å². The van der Waals surface area contributed by atoms with Crippen LogP contribution in [-0.4, -0.2) is 25.2 Å². The monoisotopic (exact) mass is 480 g/mol. The summed E-state index contributed by atoms with van der Waals surface area (Å²) in [6.07, 6.45) is 17.4. The molecule has 0 N–H and O–H groups in total. The molecule has 34 heavy (non-hydrogen) atoms. The Kier molecular flexibility index (Phi) is 15.1. The predicted molar refractivity (Wildman–Crippen MR) is 142 cm³/mol. The fourth-order valence-electron chi connectivity index (χ4n) is 4.97. The molecule has 0 unspecified atom stereocenters. The third-order valence-corrected chi connectivity index (χ3v) is 7.85. The third-order valence-electron chi connectivity index (χ3n) is 7.85. The van der Waals surface area contributed by atoms with Gasteiger partial charge < -0.3 is 9.47 Å². The second-order valence-corrected chi connectivity index (χ2v) is 12.3. The van der Waals surface area contributed by atoms with Crippen LogP contribution in [0.15, 0.2) is 0 Å². The van der Waals surface area contributed by atoms with Crippen molar-refractivity contribution in [2.45, 2.75) is 144 Å². The number of carbonyl (C=O) groups excluding carboxylic acids is 2. The first-order valence-corrected chi connectivity index (χ1v) is 14.4. The highest BCUT2D eigenvalue weighted by molar-refractivity contribution is 5.75. The number of hydrogen-bond donors (Lipinski definition) is 0. The van der Waals surface area contributed by atoms with Crippen LogP contribution in [0, 0.1) is 22.7 Å². The van der Waals surface area contributed by atoms with Crippen LogP contribution >= 0.6 is 0 Å². The van der Waals surface area contributed by atoms with Gasteiger partial charge in [-0.3, -0.25) is 9.59 Å². The molecule has 0 saturated heterocycles. The topological polar surface area (TPSA) is 52.6 Å². The lowest BCUT2D eigenvalue weighted by molar-refractivity contribution is -0.156. The minimum absolute atomic E-state index is 0.0567. The first kappa shape index (κ1) is 31.0. The van der Waals surface area contributed by atoms with Crippen LogP contribution in [0.5, 0.6) is 0 Å². The standard InChI is InChI=1S/C30H56O4/c1-7-9-11-13-19-29(3,4)21-23-33-27(31)25-15-17-26(18-16-25)28(32)34-24-22-30(5,6)20-14-12-10-8-2/h25-26H,7-24H2,1-6H3. The van der Waals surface area contributed by atoms with Crippen LogP contribution in [-0.2, 0) is 19.1 Å². The number of esters is 2. The Bertz CT molecular complexity index is 508. The minimum Gasteiger partial charge on any atom is -0.465 e. The van der Waals surface area contributed by atoms with Gasteiger partial charge in [0.2, 0.25) is 0 Å². The van der Waals surface area contributed by atoms with Crippen LogP contribution in [0.1, 0.15) is 144 Å². The van der Waals surface area contributed by atoms with E-state index in [0.29, 0.717) is 13.2 Å². The summed E-state index contributed by atoms with van der Waals surface area (Å²) in [5.41, 5.74) is 0.443. The van der Waals surface area contributed by atoms with E-state index in [9.17, 15) is 9.59 Å². The summed E-state index contributed by atoms with van der Waals surface area (Å²) in [6, 6.07) is 0. The molecule has 0 aromatic carbocycles. The lowest BCUT2D eigenvalue weighted by Gasteiger charge is -2.28. The predicted octanol–water partition coefficient (Wildman–Crippen LogP) is 8.65. The van der Waals surface area contributed by atoms with Crippen molar-refractivity contribution in [3.8, 4) is 0 Å². The van der Waals surface area contributed by atoms with Gasteiger partial charge in [-0.25, -0.2) is 0 Å². The van der Waals surface area contributed by atoms with Crippen LogP contribution < -0.4 is 0 Å². The first-order valence-electron chi connectivity index (χ1n) is 14.4. The quantitative estimate of drug-likeness (QED) is 0.145. The van der Waals surface area contributed by atoms with Gasteiger partial charge in [0.15, 0.2) is 0 Å². The fraction of sp³-hybridized carbons (Fsp3) is 0.933. The maximum atomic E-state index is 12.5. The van der Waals surface area contributed by atoms with Crippen molar-refractivity contribution in [3.05, 3.63) is 0 Å². The number of carbonyl (C=O) groups is 2. The molecule has 0 atom stereocenters. The molecule has 200 valence electrons. The molecule has 1 aliphatic carbocycles. The minimum atomic E-state index is -0.0709. The maximum absolute atomic E-state index is 12.5. The Morgan fingerprint density at radius 3 is 1.26 bits per heavy atom. The number of rotatable bonds is 18. The summed E-state index contributed by atoms with van der Waals surface area (Å²) >= 11 is 0. The normalized spacial score (nSPS) is 19.1. The zero-order chi connectivity index (χ0) is 25.5. The molecule has 0 radical (unpaired) electrons. The molecule has 4 nitrogen and oxygen atoms in total. The van der Waals surface area contributed by atoms with Crippen molar-refractivity contribution in [1.82, 2.24) is 0 Å². The summed E-state index contributed by atoms with van der Waals surface area (Å²) in [6.45, 7) is 14.6. The molecule has 0 spiro atoms. The van der Waals surface area contributed by atoms with E-state index in [-0.39, 0.29) is 34.6 Å². The first-order chi connectivity index (χ1) is 16.1. The van der Waals surface area contributed by atoms with Crippen molar-refractivity contribution in [2.24, 2.45) is 22.7 Å². The number of ether oxygens (including phenoxy) is 2. The van der Waals surface area contributed by atoms with E-state index in [1.165, 1.54) is 64.2 Å². The summed E-state index contributed by atoms with van der Waals surface area (Å²) in [4.78, 5) is 25.1. The summed E-state index contributed by atoms with van der Waals surface area (Å²) in [5.74, 6) is -0.255. The third kappa shape index (κ3) is 13.7. The van der Waals surface area contributed by atoms with Gasteiger partial charge in [0.1, 0.15) is 0 Å². The largest absolute Gasteiger partial charge is 0.465 e. The molecule has 4 heteroatoms. The molecule has 0 bridgehead atoms. The molecular weight excluding hydrogens is 424 g/mol. The lowest BCUT2D eigenvalue weighted by atomic mass is 9.82. The van der Waals surface area contributed by atoms with Gasteiger partial charge in [-0.15, -0.1) is 0 Å². The molecule has 0 amide bonds. The number of hydrogen-bond acceptors (Lipinski definition) is 4. The fourth-order valence-corrected chi connectivity index (χ4v) is 4.97. The molecule has 0 heterocycles. The van der Waals surface area contributed by atoms with E-state index >= 15 is 0 Å². The van der Waals surface area contributed by atoms with Crippen LogP contribution in [0.3, 0.4) is 0 Å². The molecule has 0 aromatic heterocycles. The van der Waals surface area contributed by atoms with Crippen molar-refractivity contribution in [3.63, 3.8) is 0 Å². The lowest BCUT2D eigenvalue weighted by Crippen LogP contribution is -2.29. The van der Waals surface area contributed by atoms with E-state index < -0.39 is 0 Å². The maximum Gasteiger partial charge on any atom is 0.308 e. The van der Waals surface area contributed by atoms with Crippen molar-refractivity contribution in [2.75, 3.05) is 13.2 Å². The zero-order valence-corrected chi connectivity index (χ0v) is 23.5. The Morgan fingerprint density at radius 2 is 0.941 bits per heavy atom. The Balaban J connectivity index is 2.21. The second kappa shape index (κ2) is 16.6. The van der Waals surface area contributed by atoms with E-state index in [2.05, 4.69) is 41.5 Å². The van der Waals surface area contributed by atoms with Gasteiger partial charge in [0, 0.05) is 0 Å². The van der Waals surface area contributed by atoms with Gasteiger partial charge in [-0.05, 0) is 62.2 Å². The van der Waals surface area contributed by atoms with E-state index in [1.54, 1.807) is 0 Å². The zero-order valence-electron chi connectivity index (χ0n) is 23.5. The van der Waals surface area contributed by atoms with E-state index in [1.807, 2.05) is 0 Å². The molecule has 1 saturated carbocycles. The average Bonchev–Trinajstić information content (AvgIpc) is 2.79. The summed E-state index contributed by atoms with van der Waals surface area (Å²) in [5, 5.41) is 0. The molecular formula is C30H56O4. The molecule has 1 rings (SSSR count). The highest BCUT2D eigenvalue weighted by Crippen LogP contribution is 2.33. The number of unbranched alkanes of at least 4 members (excludes halogenated alkanes) is 6. The van der Waals surface area contributed by atoms with Crippen LogP contribution in [0.2, 0.25) is 0 Å². The summed E-state index contributed by atoms with van der Waals surface area (Å²) in [7, 11) is 0. The van der Waals surface area contributed by atoms with Crippen LogP contribution in [0.25, 0.3) is 0 Å². The average molecular weight is 481 g/mol. The molecule has 0 aliphatic heterocycles. The van der Waals surface area contributed by atoms with E-state index in [0.717, 1.165) is 38.5 Å². The molecule has 1 fully saturated rings. The van der Waals surface area contributed by atoms with Gasteiger partial charge >= 0.3 is 11.9 Å². The Labute approximate surface area is 211 Å².